The number of hydrogen-bond acceptors (Lipinski definition) is 6. The second-order valence-electron chi connectivity index (χ2n) is 6.31. The van der Waals surface area contributed by atoms with Crippen molar-refractivity contribution in [2.75, 3.05) is 7.05 Å². The van der Waals surface area contributed by atoms with Crippen molar-refractivity contribution in [3.8, 4) is 0 Å². The van der Waals surface area contributed by atoms with Crippen LogP contribution >= 0.6 is 11.8 Å². The molecule has 1 atom stereocenters. The first-order valence-corrected chi connectivity index (χ1v) is 9.62. The Hall–Kier alpha value is -2.31. The van der Waals surface area contributed by atoms with Crippen LogP contribution in [0.1, 0.15) is 23.7 Å². The van der Waals surface area contributed by atoms with E-state index in [1.54, 1.807) is 24.2 Å². The van der Waals surface area contributed by atoms with Crippen LogP contribution in [0.2, 0.25) is 0 Å². The van der Waals surface area contributed by atoms with Gasteiger partial charge in [0, 0.05) is 61.3 Å². The zero-order valence-electron chi connectivity index (χ0n) is 15.1. The first kappa shape index (κ1) is 18.5. The molecule has 0 fully saturated rings. The molecular formula is C20H23N5S. The van der Waals surface area contributed by atoms with Crippen LogP contribution in [0.15, 0.2) is 66.5 Å². The Morgan fingerprint density at radius 2 is 1.73 bits per heavy atom. The Balaban J connectivity index is 1.50. The Morgan fingerprint density at radius 1 is 0.962 bits per heavy atom. The lowest BCUT2D eigenvalue weighted by molar-refractivity contribution is 0.246. The van der Waals surface area contributed by atoms with Gasteiger partial charge in [-0.1, -0.05) is 42.1 Å². The fourth-order valence-electron chi connectivity index (χ4n) is 2.56. The lowest BCUT2D eigenvalue weighted by Crippen LogP contribution is -2.30. The molecule has 0 saturated carbocycles. The molecule has 2 heterocycles. The van der Waals surface area contributed by atoms with E-state index >= 15 is 0 Å². The van der Waals surface area contributed by atoms with Gasteiger partial charge in [-0.15, -0.1) is 0 Å². The molecule has 3 aromatic rings. The highest BCUT2D eigenvalue weighted by atomic mass is 32.2. The van der Waals surface area contributed by atoms with Crippen molar-refractivity contribution in [2.45, 2.75) is 36.8 Å². The average molecular weight is 366 g/mol. The van der Waals surface area contributed by atoms with Crippen molar-refractivity contribution in [3.05, 3.63) is 78.1 Å². The fourth-order valence-corrected chi connectivity index (χ4v) is 3.30. The number of benzene rings is 1. The van der Waals surface area contributed by atoms with E-state index < -0.39 is 0 Å². The predicted molar refractivity (Wildman–Crippen MR) is 105 cm³/mol. The molecule has 0 saturated heterocycles. The molecule has 0 aliphatic carbocycles. The van der Waals surface area contributed by atoms with Gasteiger partial charge in [-0.05, 0) is 19.5 Å². The summed E-state index contributed by atoms with van der Waals surface area (Å²) in [6.07, 6.45) is 9.98. The van der Waals surface area contributed by atoms with Gasteiger partial charge in [-0.2, -0.15) is 0 Å². The number of hydrogen-bond donors (Lipinski definition) is 0. The van der Waals surface area contributed by atoms with E-state index in [1.165, 1.54) is 5.56 Å². The molecule has 0 aliphatic heterocycles. The molecule has 26 heavy (non-hydrogen) atoms. The van der Waals surface area contributed by atoms with Crippen LogP contribution in [0.5, 0.6) is 0 Å². The fraction of sp³-hybridized carbons (Fsp3) is 0.300. The third-order valence-electron chi connectivity index (χ3n) is 4.20. The van der Waals surface area contributed by atoms with Gasteiger partial charge >= 0.3 is 0 Å². The van der Waals surface area contributed by atoms with Gasteiger partial charge in [0.2, 0.25) is 0 Å². The number of thioether (sulfide) groups is 1. The minimum absolute atomic E-state index is 0.360. The topological polar surface area (TPSA) is 54.8 Å². The van der Waals surface area contributed by atoms with Crippen molar-refractivity contribution in [3.63, 3.8) is 0 Å². The first-order chi connectivity index (χ1) is 12.7. The minimum atomic E-state index is 0.360. The predicted octanol–water partition coefficient (Wildman–Crippen LogP) is 3.62. The number of likely N-dealkylation sites (N-methyl/N-ethyl adjacent to an activating group) is 1. The Labute approximate surface area is 158 Å². The van der Waals surface area contributed by atoms with Crippen LogP contribution in [-0.2, 0) is 18.7 Å². The molecule has 6 heteroatoms. The maximum atomic E-state index is 4.49. The molecule has 0 N–H and O–H groups in total. The van der Waals surface area contributed by atoms with Crippen molar-refractivity contribution in [1.29, 1.82) is 0 Å². The van der Waals surface area contributed by atoms with Crippen LogP contribution in [-0.4, -0.2) is 37.9 Å². The molecule has 134 valence electrons. The molecule has 0 unspecified atom stereocenters. The molecule has 5 nitrogen and oxygen atoms in total. The molecule has 0 spiro atoms. The lowest BCUT2D eigenvalue weighted by Gasteiger charge is -2.24. The molecule has 3 rings (SSSR count). The van der Waals surface area contributed by atoms with E-state index in [0.29, 0.717) is 6.04 Å². The minimum Gasteiger partial charge on any atom is -0.299 e. The van der Waals surface area contributed by atoms with Crippen molar-refractivity contribution < 1.29 is 0 Å². The summed E-state index contributed by atoms with van der Waals surface area (Å²) in [5, 5.41) is 0.813. The quantitative estimate of drug-likeness (QED) is 0.449. The van der Waals surface area contributed by atoms with Gasteiger partial charge in [-0.25, -0.2) is 9.97 Å². The normalized spacial score (nSPS) is 12.3. The number of rotatable bonds is 8. The van der Waals surface area contributed by atoms with Gasteiger partial charge in [0.05, 0.1) is 5.69 Å². The van der Waals surface area contributed by atoms with Crippen LogP contribution in [0.3, 0.4) is 0 Å². The maximum Gasteiger partial charge on any atom is 0.187 e. The van der Waals surface area contributed by atoms with Gasteiger partial charge in [-0.3, -0.25) is 14.9 Å². The van der Waals surface area contributed by atoms with Gasteiger partial charge in [0.1, 0.15) is 0 Å². The summed E-state index contributed by atoms with van der Waals surface area (Å²) in [4.78, 5) is 19.7. The summed E-state index contributed by atoms with van der Waals surface area (Å²) in [5.74, 6) is 0.884. The summed E-state index contributed by atoms with van der Waals surface area (Å²) in [6.45, 7) is 3.00. The average Bonchev–Trinajstić information content (AvgIpc) is 2.69. The van der Waals surface area contributed by atoms with E-state index in [9.17, 15) is 0 Å². The smallest absolute Gasteiger partial charge is 0.187 e. The van der Waals surface area contributed by atoms with Crippen molar-refractivity contribution in [2.24, 2.45) is 0 Å². The molecule has 1 aromatic carbocycles. The Bertz CT molecular complexity index is 780. The van der Waals surface area contributed by atoms with Crippen molar-refractivity contribution in [1.82, 2.24) is 24.8 Å². The largest absolute Gasteiger partial charge is 0.299 e. The summed E-state index contributed by atoms with van der Waals surface area (Å²) in [5.41, 5.74) is 3.40. The van der Waals surface area contributed by atoms with E-state index in [1.807, 2.05) is 24.7 Å². The third-order valence-corrected chi connectivity index (χ3v) is 5.14. The first-order valence-electron chi connectivity index (χ1n) is 8.63. The van der Waals surface area contributed by atoms with E-state index in [4.69, 9.17) is 0 Å². The standard InChI is InChI=1S/C20H23N5S/c1-16(10-19-13-21-8-9-22-19)25(2)14-18-11-23-20(24-12-18)26-15-17-6-4-3-5-7-17/h3-9,11-13,16H,10,14-15H2,1-2H3/t16-/m1/s1. The number of aromatic nitrogens is 4. The lowest BCUT2D eigenvalue weighted by atomic mass is 10.1. The summed E-state index contributed by atoms with van der Waals surface area (Å²) < 4.78 is 0. The Kier molecular flexibility index (Phi) is 6.68. The van der Waals surface area contributed by atoms with Crippen molar-refractivity contribution >= 4 is 11.8 Å². The molecule has 0 amide bonds. The zero-order valence-corrected chi connectivity index (χ0v) is 15.9. The highest BCUT2D eigenvalue weighted by Crippen LogP contribution is 2.19. The van der Waals surface area contributed by atoms with E-state index in [-0.39, 0.29) is 0 Å². The van der Waals surface area contributed by atoms with Crippen LogP contribution in [0.25, 0.3) is 0 Å². The second kappa shape index (κ2) is 9.40. The van der Waals surface area contributed by atoms with Crippen LogP contribution < -0.4 is 0 Å². The monoisotopic (exact) mass is 365 g/mol. The Morgan fingerprint density at radius 3 is 2.42 bits per heavy atom. The van der Waals surface area contributed by atoms with Crippen LogP contribution in [0.4, 0.5) is 0 Å². The van der Waals surface area contributed by atoms with Crippen LogP contribution in [0, 0.1) is 0 Å². The maximum absolute atomic E-state index is 4.49. The highest BCUT2D eigenvalue weighted by molar-refractivity contribution is 7.98. The molecular weight excluding hydrogens is 342 g/mol. The third kappa shape index (κ3) is 5.61. The zero-order chi connectivity index (χ0) is 18.2. The molecule has 2 aromatic heterocycles. The molecule has 0 radical (unpaired) electrons. The molecule has 0 bridgehead atoms. The van der Waals surface area contributed by atoms with Gasteiger partial charge in [0.25, 0.3) is 0 Å². The number of nitrogens with zero attached hydrogens (tertiary/aromatic N) is 5. The van der Waals surface area contributed by atoms with E-state index in [2.05, 4.69) is 63.1 Å². The van der Waals surface area contributed by atoms with Gasteiger partial charge in [0.15, 0.2) is 5.16 Å². The second-order valence-corrected chi connectivity index (χ2v) is 7.26. The summed E-state index contributed by atoms with van der Waals surface area (Å²) in [6, 6.07) is 10.7. The SMILES string of the molecule is C[C@H](Cc1cnccn1)N(C)Cc1cnc(SCc2ccccc2)nc1. The molecule has 0 aliphatic rings. The highest BCUT2D eigenvalue weighted by Gasteiger charge is 2.12. The summed E-state index contributed by atoms with van der Waals surface area (Å²) in [7, 11) is 2.11. The van der Waals surface area contributed by atoms with E-state index in [0.717, 1.165) is 35.1 Å². The summed E-state index contributed by atoms with van der Waals surface area (Å²) >= 11 is 1.66. The van der Waals surface area contributed by atoms with Gasteiger partial charge < -0.3 is 0 Å².